The van der Waals surface area contributed by atoms with E-state index in [1.165, 1.54) is 17.3 Å². The predicted molar refractivity (Wildman–Crippen MR) is 73.5 cm³/mol. The first-order valence-corrected chi connectivity index (χ1v) is 6.59. The van der Waals surface area contributed by atoms with Gasteiger partial charge in [0.15, 0.2) is 0 Å². The number of nitrogens with one attached hydrogen (secondary N) is 1. The molecule has 0 unspecified atom stereocenters. The van der Waals surface area contributed by atoms with Gasteiger partial charge in [0.25, 0.3) is 5.91 Å². The number of hydrogen-bond donors (Lipinski definition) is 2. The van der Waals surface area contributed by atoms with Gasteiger partial charge in [0.05, 0.1) is 18.0 Å². The first kappa shape index (κ1) is 14.7. The first-order valence-electron chi connectivity index (χ1n) is 6.59. The topological polar surface area (TPSA) is 87.6 Å². The molecule has 0 aromatic carbocycles. The van der Waals surface area contributed by atoms with Crippen molar-refractivity contribution in [3.8, 4) is 0 Å². The minimum atomic E-state index is -0.874. The molecule has 2 N–H and O–H groups in total. The maximum absolute atomic E-state index is 12.2. The van der Waals surface area contributed by atoms with Crippen molar-refractivity contribution >= 4 is 11.7 Å². The number of nitrogens with zero attached hydrogens (tertiary/aromatic N) is 3. The molecule has 7 nitrogen and oxygen atoms in total. The van der Waals surface area contributed by atoms with Gasteiger partial charge in [-0.2, -0.15) is 0 Å². The SMILES string of the molecule is CNc1cnc(C(=O)N(C)CC2(O)CCOCC2)cn1. The van der Waals surface area contributed by atoms with Crippen LogP contribution in [0.3, 0.4) is 0 Å². The predicted octanol–water partition coefficient (Wildman–Crippen LogP) is 0.132. The average Bonchev–Trinajstić information content (AvgIpc) is 2.47. The number of rotatable bonds is 4. The number of carbonyl (C=O) groups is 1. The van der Waals surface area contributed by atoms with Crippen LogP contribution in [0.2, 0.25) is 0 Å². The van der Waals surface area contributed by atoms with E-state index in [1.807, 2.05) is 0 Å². The van der Waals surface area contributed by atoms with Gasteiger partial charge in [-0.1, -0.05) is 0 Å². The second-order valence-electron chi connectivity index (χ2n) is 5.03. The van der Waals surface area contributed by atoms with Crippen molar-refractivity contribution < 1.29 is 14.6 Å². The molecule has 1 aromatic heterocycles. The first-order chi connectivity index (χ1) is 9.54. The highest BCUT2D eigenvalue weighted by atomic mass is 16.5. The molecule has 110 valence electrons. The Morgan fingerprint density at radius 3 is 2.70 bits per heavy atom. The van der Waals surface area contributed by atoms with Crippen LogP contribution in [0.5, 0.6) is 0 Å². The van der Waals surface area contributed by atoms with E-state index >= 15 is 0 Å². The van der Waals surface area contributed by atoms with Crippen LogP contribution in [0.4, 0.5) is 5.82 Å². The van der Waals surface area contributed by atoms with Crippen LogP contribution in [0.15, 0.2) is 12.4 Å². The van der Waals surface area contributed by atoms with Gasteiger partial charge in [-0.15, -0.1) is 0 Å². The molecule has 2 heterocycles. The molecule has 20 heavy (non-hydrogen) atoms. The standard InChI is InChI=1S/C13H20N4O3/c1-14-11-8-15-10(7-16-11)12(18)17(2)9-13(19)3-5-20-6-4-13/h7-8,19H,3-6,9H2,1-2H3,(H,14,16). The second-order valence-corrected chi connectivity index (χ2v) is 5.03. The van der Waals surface area contributed by atoms with Gasteiger partial charge in [-0.25, -0.2) is 9.97 Å². The quantitative estimate of drug-likeness (QED) is 0.815. The minimum Gasteiger partial charge on any atom is -0.388 e. The van der Waals surface area contributed by atoms with E-state index in [-0.39, 0.29) is 18.1 Å². The normalized spacial score (nSPS) is 17.6. The van der Waals surface area contributed by atoms with E-state index in [4.69, 9.17) is 4.74 Å². The molecule has 1 aliphatic rings. The van der Waals surface area contributed by atoms with Crippen molar-refractivity contribution in [2.45, 2.75) is 18.4 Å². The van der Waals surface area contributed by atoms with E-state index in [9.17, 15) is 9.90 Å². The number of carbonyl (C=O) groups excluding carboxylic acids is 1. The molecule has 0 spiro atoms. The van der Waals surface area contributed by atoms with E-state index < -0.39 is 5.60 Å². The van der Waals surface area contributed by atoms with Crippen LogP contribution in [0, 0.1) is 0 Å². The van der Waals surface area contributed by atoms with Crippen LogP contribution in [-0.4, -0.2) is 65.3 Å². The maximum Gasteiger partial charge on any atom is 0.273 e. The van der Waals surface area contributed by atoms with Gasteiger partial charge in [0.2, 0.25) is 0 Å². The molecule has 0 bridgehead atoms. The summed E-state index contributed by atoms with van der Waals surface area (Å²) in [6.45, 7) is 1.31. The molecule has 7 heteroatoms. The van der Waals surface area contributed by atoms with Gasteiger partial charge in [0, 0.05) is 46.7 Å². The molecule has 1 amide bonds. The fraction of sp³-hybridized carbons (Fsp3) is 0.615. The molecule has 1 saturated heterocycles. The van der Waals surface area contributed by atoms with Crippen LogP contribution >= 0.6 is 0 Å². The van der Waals surface area contributed by atoms with E-state index in [0.29, 0.717) is 31.9 Å². The largest absolute Gasteiger partial charge is 0.388 e. The molecule has 0 atom stereocenters. The molecular formula is C13H20N4O3. The smallest absolute Gasteiger partial charge is 0.273 e. The van der Waals surface area contributed by atoms with Crippen molar-refractivity contribution in [1.82, 2.24) is 14.9 Å². The maximum atomic E-state index is 12.2. The zero-order valence-corrected chi connectivity index (χ0v) is 11.8. The van der Waals surface area contributed by atoms with Crippen molar-refractivity contribution in [2.75, 3.05) is 39.2 Å². The zero-order valence-electron chi connectivity index (χ0n) is 11.8. The van der Waals surface area contributed by atoms with Crippen molar-refractivity contribution in [2.24, 2.45) is 0 Å². The Bertz CT molecular complexity index is 457. The summed E-state index contributed by atoms with van der Waals surface area (Å²) in [5.74, 6) is 0.354. The van der Waals surface area contributed by atoms with Crippen LogP contribution in [0.25, 0.3) is 0 Å². The number of ether oxygens (including phenoxy) is 1. The monoisotopic (exact) mass is 280 g/mol. The lowest BCUT2D eigenvalue weighted by atomic mass is 9.94. The Morgan fingerprint density at radius 1 is 1.45 bits per heavy atom. The average molecular weight is 280 g/mol. The molecule has 1 aromatic rings. The summed E-state index contributed by atoms with van der Waals surface area (Å²) in [7, 11) is 3.39. The lowest BCUT2D eigenvalue weighted by Gasteiger charge is -2.35. The summed E-state index contributed by atoms with van der Waals surface area (Å²) >= 11 is 0. The zero-order chi connectivity index (χ0) is 14.6. The molecule has 0 radical (unpaired) electrons. The highest BCUT2D eigenvalue weighted by Gasteiger charge is 2.32. The van der Waals surface area contributed by atoms with E-state index in [2.05, 4.69) is 15.3 Å². The van der Waals surface area contributed by atoms with Crippen LogP contribution in [0.1, 0.15) is 23.3 Å². The molecule has 0 saturated carbocycles. The van der Waals surface area contributed by atoms with Gasteiger partial charge < -0.3 is 20.1 Å². The van der Waals surface area contributed by atoms with Crippen LogP contribution in [-0.2, 0) is 4.74 Å². The Labute approximate surface area is 118 Å². The number of amides is 1. The lowest BCUT2D eigenvalue weighted by Crippen LogP contribution is -2.47. The van der Waals surface area contributed by atoms with Gasteiger partial charge in [-0.3, -0.25) is 4.79 Å². The Kier molecular flexibility index (Phi) is 4.51. The molecule has 1 aliphatic heterocycles. The summed E-state index contributed by atoms with van der Waals surface area (Å²) in [4.78, 5) is 21.8. The highest BCUT2D eigenvalue weighted by Crippen LogP contribution is 2.21. The molecule has 0 aliphatic carbocycles. The Balaban J connectivity index is 2.00. The number of aromatic nitrogens is 2. The fourth-order valence-corrected chi connectivity index (χ4v) is 2.19. The number of likely N-dealkylation sites (N-methyl/N-ethyl adjacent to an activating group) is 1. The third kappa shape index (κ3) is 3.43. The summed E-state index contributed by atoms with van der Waals surface area (Å²) in [5.41, 5.74) is -0.608. The third-order valence-corrected chi connectivity index (χ3v) is 3.43. The third-order valence-electron chi connectivity index (χ3n) is 3.43. The van der Waals surface area contributed by atoms with Gasteiger partial charge >= 0.3 is 0 Å². The van der Waals surface area contributed by atoms with Crippen molar-refractivity contribution in [3.05, 3.63) is 18.1 Å². The molecular weight excluding hydrogens is 260 g/mol. The van der Waals surface area contributed by atoms with Gasteiger partial charge in [0.1, 0.15) is 11.5 Å². The summed E-state index contributed by atoms with van der Waals surface area (Å²) in [5, 5.41) is 13.2. The van der Waals surface area contributed by atoms with Crippen molar-refractivity contribution in [3.63, 3.8) is 0 Å². The second kappa shape index (κ2) is 6.15. The molecule has 1 fully saturated rings. The van der Waals surface area contributed by atoms with Crippen molar-refractivity contribution in [1.29, 1.82) is 0 Å². The fourth-order valence-electron chi connectivity index (χ4n) is 2.19. The highest BCUT2D eigenvalue weighted by molar-refractivity contribution is 5.91. The number of anilines is 1. The van der Waals surface area contributed by atoms with Crippen LogP contribution < -0.4 is 5.32 Å². The lowest BCUT2D eigenvalue weighted by molar-refractivity contribution is -0.0734. The summed E-state index contributed by atoms with van der Waals surface area (Å²) in [6, 6.07) is 0. The van der Waals surface area contributed by atoms with E-state index in [1.54, 1.807) is 14.1 Å². The minimum absolute atomic E-state index is 0.250. The molecule has 2 rings (SSSR count). The number of aliphatic hydroxyl groups is 1. The summed E-state index contributed by atoms with van der Waals surface area (Å²) < 4.78 is 5.22. The van der Waals surface area contributed by atoms with E-state index in [0.717, 1.165) is 0 Å². The Morgan fingerprint density at radius 2 is 2.15 bits per heavy atom. The number of hydrogen-bond acceptors (Lipinski definition) is 6. The van der Waals surface area contributed by atoms with Gasteiger partial charge in [-0.05, 0) is 0 Å². The summed E-state index contributed by atoms with van der Waals surface area (Å²) in [6.07, 6.45) is 4.01. The Hall–Kier alpha value is -1.73.